The number of hydrogen-bond acceptors (Lipinski definition) is 6. The summed E-state index contributed by atoms with van der Waals surface area (Å²) in [6.07, 6.45) is 1.87. The largest absolute Gasteiger partial charge is 0.493 e. The first kappa shape index (κ1) is 16.7. The number of carbonyl (C=O) groups excluding carboxylic acids is 1. The third-order valence-corrected chi connectivity index (χ3v) is 4.96. The lowest BCUT2D eigenvalue weighted by molar-refractivity contribution is -0.121. The molecule has 9 heteroatoms. The lowest BCUT2D eigenvalue weighted by atomic mass is 10.0. The summed E-state index contributed by atoms with van der Waals surface area (Å²) in [6.45, 7) is 0.557. The smallest absolute Gasteiger partial charge is 0.231 e. The molecule has 0 fully saturated rings. The molecule has 3 rings (SSSR count). The van der Waals surface area contributed by atoms with Gasteiger partial charge in [0.2, 0.25) is 15.9 Å². The maximum Gasteiger partial charge on any atom is 0.231 e. The summed E-state index contributed by atoms with van der Waals surface area (Å²) < 4.78 is 30.2. The van der Waals surface area contributed by atoms with Crippen LogP contribution in [0.15, 0.2) is 29.6 Å². The van der Waals surface area contributed by atoms with Crippen LogP contribution in [0.5, 0.6) is 5.75 Å². The van der Waals surface area contributed by atoms with Gasteiger partial charge in [0.15, 0.2) is 5.13 Å². The molecule has 7 nitrogen and oxygen atoms in total. The minimum atomic E-state index is -3.36. The van der Waals surface area contributed by atoms with Crippen LogP contribution in [0.25, 0.3) is 0 Å². The average Bonchev–Trinajstić information content (AvgIpc) is 2.92. The number of ether oxygens (including phenoxy) is 1. The molecule has 128 valence electrons. The molecule has 0 bridgehead atoms. The van der Waals surface area contributed by atoms with Crippen LogP contribution in [-0.4, -0.2) is 32.2 Å². The first-order valence-corrected chi connectivity index (χ1v) is 10.1. The predicted octanol–water partition coefficient (Wildman–Crippen LogP) is 1.70. The van der Waals surface area contributed by atoms with Gasteiger partial charge in [-0.2, -0.15) is 0 Å². The minimum Gasteiger partial charge on any atom is -0.493 e. The molecule has 1 aliphatic heterocycles. The highest BCUT2D eigenvalue weighted by atomic mass is 32.2. The number of hydrogen-bond donors (Lipinski definition) is 2. The molecule has 0 unspecified atom stereocenters. The number of rotatable bonds is 5. The van der Waals surface area contributed by atoms with Gasteiger partial charge < -0.3 is 10.1 Å². The van der Waals surface area contributed by atoms with Crippen LogP contribution in [-0.2, 0) is 21.2 Å². The van der Waals surface area contributed by atoms with Crippen LogP contribution < -0.4 is 14.8 Å². The van der Waals surface area contributed by atoms with Gasteiger partial charge in [-0.1, -0.05) is 18.2 Å². The van der Waals surface area contributed by atoms with E-state index in [1.54, 1.807) is 5.38 Å². The zero-order valence-corrected chi connectivity index (χ0v) is 14.6. The summed E-state index contributed by atoms with van der Waals surface area (Å²) in [6, 6.07) is 7.55. The van der Waals surface area contributed by atoms with Crippen LogP contribution in [0.2, 0.25) is 0 Å². The second-order valence-corrected chi connectivity index (χ2v) is 8.10. The number of carbonyl (C=O) groups is 1. The molecule has 0 spiro atoms. The number of anilines is 1. The molecule has 1 amide bonds. The molecule has 2 N–H and O–H groups in total. The maximum absolute atomic E-state index is 12.3. The topological polar surface area (TPSA) is 97.4 Å². The van der Waals surface area contributed by atoms with E-state index < -0.39 is 10.0 Å². The molecule has 0 radical (unpaired) electrons. The quantitative estimate of drug-likeness (QED) is 0.838. The zero-order chi connectivity index (χ0) is 17.2. The number of benzene rings is 1. The van der Waals surface area contributed by atoms with Crippen molar-refractivity contribution in [3.05, 3.63) is 40.9 Å². The van der Waals surface area contributed by atoms with Gasteiger partial charge in [0, 0.05) is 17.4 Å². The third-order valence-electron chi connectivity index (χ3n) is 3.46. The van der Waals surface area contributed by atoms with E-state index >= 15 is 0 Å². The van der Waals surface area contributed by atoms with Crippen molar-refractivity contribution in [3.63, 3.8) is 0 Å². The van der Waals surface area contributed by atoms with Crippen molar-refractivity contribution in [2.45, 2.75) is 18.9 Å². The Bertz CT molecular complexity index is 848. The van der Waals surface area contributed by atoms with Crippen LogP contribution in [0, 0.1) is 0 Å². The predicted molar refractivity (Wildman–Crippen MR) is 91.7 cm³/mol. The van der Waals surface area contributed by atoms with Gasteiger partial charge in [0.05, 0.1) is 31.0 Å². The highest BCUT2D eigenvalue weighted by Gasteiger charge is 2.23. The van der Waals surface area contributed by atoms with E-state index in [4.69, 9.17) is 4.74 Å². The number of nitrogens with one attached hydrogen (secondary N) is 2. The summed E-state index contributed by atoms with van der Waals surface area (Å²) in [5.41, 5.74) is 1.50. The Morgan fingerprint density at radius 2 is 2.21 bits per heavy atom. The number of fused-ring (bicyclic) bond motifs is 1. The molecule has 24 heavy (non-hydrogen) atoms. The highest BCUT2D eigenvalue weighted by molar-refractivity contribution is 7.92. The van der Waals surface area contributed by atoms with Crippen LogP contribution in [0.1, 0.15) is 23.7 Å². The Hall–Kier alpha value is -2.13. The van der Waals surface area contributed by atoms with E-state index in [9.17, 15) is 13.2 Å². The highest BCUT2D eigenvalue weighted by Crippen LogP contribution is 2.31. The number of amides is 1. The Morgan fingerprint density at radius 1 is 1.42 bits per heavy atom. The standard InChI is InChI=1S/C15H17N3O4S2/c1-24(20,21)18-15-16-10(9-23-15)8-14(19)17-12-6-7-22-13-5-3-2-4-11(12)13/h2-5,9,12H,6-8H2,1H3,(H,16,18)(H,17,19)/t12-/m1/s1. The van der Waals surface area contributed by atoms with Gasteiger partial charge >= 0.3 is 0 Å². The first-order chi connectivity index (χ1) is 11.4. The molecule has 2 aromatic rings. The van der Waals surface area contributed by atoms with Crippen LogP contribution >= 0.6 is 11.3 Å². The monoisotopic (exact) mass is 367 g/mol. The van der Waals surface area contributed by atoms with Crippen molar-refractivity contribution in [2.75, 3.05) is 17.6 Å². The van der Waals surface area contributed by atoms with Crippen molar-refractivity contribution < 1.29 is 17.9 Å². The maximum atomic E-state index is 12.3. The number of thiazole rings is 1. The van der Waals surface area contributed by atoms with E-state index in [2.05, 4.69) is 15.0 Å². The number of sulfonamides is 1. The molecule has 0 saturated heterocycles. The molecule has 1 aromatic carbocycles. The first-order valence-electron chi connectivity index (χ1n) is 7.34. The fraction of sp³-hybridized carbons (Fsp3) is 0.333. The van der Waals surface area contributed by atoms with Crippen LogP contribution in [0.3, 0.4) is 0 Å². The molecular weight excluding hydrogens is 350 g/mol. The van der Waals surface area contributed by atoms with Crippen LogP contribution in [0.4, 0.5) is 5.13 Å². The minimum absolute atomic E-state index is 0.0882. The second kappa shape index (κ2) is 6.78. The number of para-hydroxylation sites is 1. The van der Waals surface area contributed by atoms with Crippen molar-refractivity contribution in [1.29, 1.82) is 0 Å². The molecule has 2 heterocycles. The molecule has 0 saturated carbocycles. The van der Waals surface area contributed by atoms with Crippen molar-refractivity contribution in [3.8, 4) is 5.75 Å². The Morgan fingerprint density at radius 3 is 3.00 bits per heavy atom. The summed E-state index contributed by atoms with van der Waals surface area (Å²) >= 11 is 1.15. The summed E-state index contributed by atoms with van der Waals surface area (Å²) in [5, 5.41) is 4.92. The Balaban J connectivity index is 1.63. The summed E-state index contributed by atoms with van der Waals surface area (Å²) in [5.74, 6) is 0.634. The van der Waals surface area contributed by atoms with E-state index in [1.807, 2.05) is 24.3 Å². The van der Waals surface area contributed by atoms with E-state index in [0.717, 1.165) is 28.9 Å². The lowest BCUT2D eigenvalue weighted by Crippen LogP contribution is -2.33. The SMILES string of the molecule is CS(=O)(=O)Nc1nc(CC(=O)N[C@@H]2CCOc3ccccc32)cs1. The fourth-order valence-corrected chi connectivity index (χ4v) is 4.06. The zero-order valence-electron chi connectivity index (χ0n) is 13.0. The van der Waals surface area contributed by atoms with Crippen molar-refractivity contribution in [1.82, 2.24) is 10.3 Å². The number of nitrogens with zero attached hydrogens (tertiary/aromatic N) is 1. The molecule has 1 atom stereocenters. The molecule has 0 aliphatic carbocycles. The molecular formula is C15H17N3O4S2. The Kier molecular flexibility index (Phi) is 4.72. The lowest BCUT2D eigenvalue weighted by Gasteiger charge is -2.26. The van der Waals surface area contributed by atoms with Crippen molar-refractivity contribution >= 4 is 32.4 Å². The summed E-state index contributed by atoms with van der Waals surface area (Å²) in [4.78, 5) is 16.4. The van der Waals surface area contributed by atoms with E-state index in [-0.39, 0.29) is 23.5 Å². The normalized spacial score (nSPS) is 16.8. The van der Waals surface area contributed by atoms with Gasteiger partial charge in [-0.05, 0) is 6.07 Å². The van der Waals surface area contributed by atoms with Gasteiger partial charge in [-0.25, -0.2) is 13.4 Å². The second-order valence-electron chi connectivity index (χ2n) is 5.49. The van der Waals surface area contributed by atoms with E-state index in [0.29, 0.717) is 18.7 Å². The Labute approximate surface area is 144 Å². The fourth-order valence-electron chi connectivity index (χ4n) is 2.50. The van der Waals surface area contributed by atoms with Gasteiger partial charge in [0.1, 0.15) is 5.75 Å². The van der Waals surface area contributed by atoms with Gasteiger partial charge in [-0.3, -0.25) is 9.52 Å². The number of aromatic nitrogens is 1. The average molecular weight is 367 g/mol. The third kappa shape index (κ3) is 4.24. The summed E-state index contributed by atoms with van der Waals surface area (Å²) in [7, 11) is -3.36. The molecule has 1 aliphatic rings. The molecule has 1 aromatic heterocycles. The van der Waals surface area contributed by atoms with Crippen molar-refractivity contribution in [2.24, 2.45) is 0 Å². The van der Waals surface area contributed by atoms with Gasteiger partial charge in [0.25, 0.3) is 0 Å². The van der Waals surface area contributed by atoms with Gasteiger partial charge in [-0.15, -0.1) is 11.3 Å². The van der Waals surface area contributed by atoms with E-state index in [1.165, 1.54) is 0 Å².